The van der Waals surface area contributed by atoms with Crippen LogP contribution in [0.2, 0.25) is 0 Å². The predicted molar refractivity (Wildman–Crippen MR) is 71.9 cm³/mol. The minimum Gasteiger partial charge on any atom is -0.207 e. The number of rotatable bonds is 4. The predicted octanol–water partition coefficient (Wildman–Crippen LogP) is 4.88. The Balaban J connectivity index is 2.81. The van der Waals surface area contributed by atoms with Gasteiger partial charge >= 0.3 is 0 Å². The fraction of sp³-hybridized carbons (Fsp3) is 0.286. The first-order chi connectivity index (χ1) is 7.49. The monoisotopic (exact) mass is 236 g/mol. The molecule has 0 aliphatic carbocycles. The van der Waals surface area contributed by atoms with E-state index in [0.29, 0.717) is 5.25 Å². The van der Waals surface area contributed by atoms with E-state index in [-0.39, 0.29) is 5.82 Å². The number of thioether (sulfide) groups is 1. The fourth-order valence-corrected chi connectivity index (χ4v) is 2.25. The molecule has 0 atom stereocenters. The molecule has 0 unspecified atom stereocenters. The summed E-state index contributed by atoms with van der Waals surface area (Å²) < 4.78 is 13.0. The topological polar surface area (TPSA) is 0 Å². The van der Waals surface area contributed by atoms with Gasteiger partial charge in [-0.05, 0) is 36.3 Å². The summed E-state index contributed by atoms with van der Waals surface area (Å²) in [6.07, 6.45) is 2.00. The van der Waals surface area contributed by atoms with Crippen molar-refractivity contribution in [3.8, 4) is 0 Å². The molecule has 86 valence electrons. The van der Waals surface area contributed by atoms with Crippen LogP contribution in [-0.4, -0.2) is 5.25 Å². The largest absolute Gasteiger partial charge is 0.207 e. The van der Waals surface area contributed by atoms with Gasteiger partial charge in [-0.2, -0.15) is 0 Å². The van der Waals surface area contributed by atoms with Gasteiger partial charge in [-0.25, -0.2) is 4.39 Å². The van der Waals surface area contributed by atoms with Gasteiger partial charge in [0.15, 0.2) is 0 Å². The summed E-state index contributed by atoms with van der Waals surface area (Å²) in [5, 5.41) is 0.518. The molecule has 0 heterocycles. The van der Waals surface area contributed by atoms with Gasteiger partial charge in [0.1, 0.15) is 5.82 Å². The standard InChI is InChI=1S/C14H17FS/c1-10(2)16-12(4)8-11(3)13-6-5-7-14(15)9-13/h5-10H,4H2,1-3H3/b11-8+. The molecule has 0 aliphatic heterocycles. The summed E-state index contributed by atoms with van der Waals surface area (Å²) >= 11 is 1.72. The maximum atomic E-state index is 13.0. The first kappa shape index (κ1) is 13.0. The zero-order valence-corrected chi connectivity index (χ0v) is 10.8. The van der Waals surface area contributed by atoms with Crippen LogP contribution in [0.25, 0.3) is 5.57 Å². The van der Waals surface area contributed by atoms with Gasteiger partial charge < -0.3 is 0 Å². The van der Waals surface area contributed by atoms with Crippen molar-refractivity contribution in [3.63, 3.8) is 0 Å². The Kier molecular flexibility index (Phi) is 4.81. The smallest absolute Gasteiger partial charge is 0.123 e. The molecule has 2 heteroatoms. The Labute approximate surface area is 101 Å². The first-order valence-electron chi connectivity index (χ1n) is 5.29. The van der Waals surface area contributed by atoms with Crippen molar-refractivity contribution >= 4 is 17.3 Å². The van der Waals surface area contributed by atoms with Gasteiger partial charge in [-0.15, -0.1) is 11.8 Å². The van der Waals surface area contributed by atoms with Gasteiger partial charge in [0, 0.05) is 10.2 Å². The van der Waals surface area contributed by atoms with E-state index in [1.807, 2.05) is 19.1 Å². The molecule has 0 nitrogen and oxygen atoms in total. The minimum absolute atomic E-state index is 0.202. The Hall–Kier alpha value is -1.02. The van der Waals surface area contributed by atoms with Gasteiger partial charge in [0.05, 0.1) is 0 Å². The first-order valence-corrected chi connectivity index (χ1v) is 6.17. The summed E-state index contributed by atoms with van der Waals surface area (Å²) in [6, 6.07) is 6.62. The molecular weight excluding hydrogens is 219 g/mol. The van der Waals surface area contributed by atoms with Crippen LogP contribution in [0.4, 0.5) is 4.39 Å². The molecule has 0 saturated carbocycles. The Bertz CT molecular complexity index is 405. The van der Waals surface area contributed by atoms with Crippen LogP contribution in [0.1, 0.15) is 26.3 Å². The zero-order valence-electron chi connectivity index (χ0n) is 9.96. The average molecular weight is 236 g/mol. The van der Waals surface area contributed by atoms with Gasteiger partial charge in [-0.3, -0.25) is 0 Å². The van der Waals surface area contributed by atoms with Crippen molar-refractivity contribution < 1.29 is 4.39 Å². The number of hydrogen-bond acceptors (Lipinski definition) is 1. The Morgan fingerprint density at radius 3 is 2.69 bits per heavy atom. The molecule has 0 aromatic heterocycles. The SMILES string of the molecule is C=C(/C=C(\C)c1cccc(F)c1)SC(C)C. The summed E-state index contributed by atoms with van der Waals surface area (Å²) in [5.41, 5.74) is 1.95. The van der Waals surface area contributed by atoms with E-state index in [9.17, 15) is 4.39 Å². The van der Waals surface area contributed by atoms with Crippen molar-refractivity contribution in [1.29, 1.82) is 0 Å². The van der Waals surface area contributed by atoms with Crippen LogP contribution >= 0.6 is 11.8 Å². The maximum absolute atomic E-state index is 13.0. The van der Waals surface area contributed by atoms with Crippen LogP contribution in [0.5, 0.6) is 0 Å². The highest BCUT2D eigenvalue weighted by molar-refractivity contribution is 8.03. The van der Waals surface area contributed by atoms with Crippen molar-refractivity contribution in [3.05, 3.63) is 53.2 Å². The van der Waals surface area contributed by atoms with Gasteiger partial charge in [0.25, 0.3) is 0 Å². The van der Waals surface area contributed by atoms with E-state index in [2.05, 4.69) is 20.4 Å². The molecular formula is C14H17FS. The van der Waals surface area contributed by atoms with Crippen LogP contribution in [0, 0.1) is 5.82 Å². The highest BCUT2D eigenvalue weighted by Crippen LogP contribution is 2.24. The van der Waals surface area contributed by atoms with E-state index < -0.39 is 0 Å². The number of halogens is 1. The van der Waals surface area contributed by atoms with Gasteiger partial charge in [-0.1, -0.05) is 32.6 Å². The van der Waals surface area contributed by atoms with Crippen LogP contribution in [0.15, 0.2) is 41.8 Å². The van der Waals surface area contributed by atoms with Crippen LogP contribution < -0.4 is 0 Å². The third-order valence-corrected chi connectivity index (χ3v) is 2.94. The third kappa shape index (κ3) is 4.23. The van der Waals surface area contributed by atoms with E-state index >= 15 is 0 Å². The summed E-state index contributed by atoms with van der Waals surface area (Å²) in [5.74, 6) is -0.202. The lowest BCUT2D eigenvalue weighted by Gasteiger charge is -2.06. The molecule has 0 spiro atoms. The summed E-state index contributed by atoms with van der Waals surface area (Å²) in [6.45, 7) is 10.2. The average Bonchev–Trinajstić information content (AvgIpc) is 2.16. The highest BCUT2D eigenvalue weighted by Gasteiger charge is 2.00. The molecule has 0 aliphatic rings. The molecule has 1 aromatic rings. The zero-order chi connectivity index (χ0) is 12.1. The van der Waals surface area contributed by atoms with Crippen molar-refractivity contribution in [2.24, 2.45) is 0 Å². The fourth-order valence-electron chi connectivity index (χ4n) is 1.40. The van der Waals surface area contributed by atoms with Crippen molar-refractivity contribution in [2.45, 2.75) is 26.0 Å². The van der Waals surface area contributed by atoms with Gasteiger partial charge in [0.2, 0.25) is 0 Å². The molecule has 0 radical (unpaired) electrons. The van der Waals surface area contributed by atoms with E-state index in [4.69, 9.17) is 0 Å². The second-order valence-corrected chi connectivity index (χ2v) is 5.67. The van der Waals surface area contributed by atoms with Crippen LogP contribution in [0.3, 0.4) is 0 Å². The van der Waals surface area contributed by atoms with E-state index in [0.717, 1.165) is 16.0 Å². The Morgan fingerprint density at radius 1 is 1.44 bits per heavy atom. The van der Waals surface area contributed by atoms with Crippen molar-refractivity contribution in [1.82, 2.24) is 0 Å². The van der Waals surface area contributed by atoms with Crippen molar-refractivity contribution in [2.75, 3.05) is 0 Å². The quantitative estimate of drug-likeness (QED) is 0.671. The maximum Gasteiger partial charge on any atom is 0.123 e. The van der Waals surface area contributed by atoms with E-state index in [1.165, 1.54) is 6.07 Å². The number of hydrogen-bond donors (Lipinski definition) is 0. The van der Waals surface area contributed by atoms with Crippen LogP contribution in [-0.2, 0) is 0 Å². The molecule has 0 amide bonds. The minimum atomic E-state index is -0.202. The molecule has 1 aromatic carbocycles. The number of benzene rings is 1. The second-order valence-electron chi connectivity index (χ2n) is 3.97. The second kappa shape index (κ2) is 5.90. The third-order valence-electron chi connectivity index (χ3n) is 2.04. The van der Waals surface area contributed by atoms with E-state index in [1.54, 1.807) is 23.9 Å². The summed E-state index contributed by atoms with van der Waals surface area (Å²) in [7, 11) is 0. The molecule has 0 bridgehead atoms. The number of allylic oxidation sites excluding steroid dienone is 2. The molecule has 0 N–H and O–H groups in total. The molecule has 0 saturated heterocycles. The Morgan fingerprint density at radius 2 is 2.12 bits per heavy atom. The molecule has 0 fully saturated rings. The summed E-state index contributed by atoms with van der Waals surface area (Å²) in [4.78, 5) is 1.01. The lowest BCUT2D eigenvalue weighted by molar-refractivity contribution is 0.627. The normalized spacial score (nSPS) is 11.9. The molecule has 1 rings (SSSR count). The highest BCUT2D eigenvalue weighted by atomic mass is 32.2. The lowest BCUT2D eigenvalue weighted by atomic mass is 10.1. The lowest BCUT2D eigenvalue weighted by Crippen LogP contribution is -1.87. The molecule has 16 heavy (non-hydrogen) atoms.